The Morgan fingerprint density at radius 3 is 1.24 bits per heavy atom. The molecule has 16 nitrogen and oxygen atoms in total. The summed E-state index contributed by atoms with van der Waals surface area (Å²) in [6.45, 7) is 7.19. The summed E-state index contributed by atoms with van der Waals surface area (Å²) in [4.78, 5) is 86.7. The number of urea groups is 2. The van der Waals surface area contributed by atoms with Crippen molar-refractivity contribution in [1.29, 1.82) is 0 Å². The van der Waals surface area contributed by atoms with Crippen molar-refractivity contribution in [3.05, 3.63) is 54.7 Å². The molecule has 0 spiro atoms. The fourth-order valence-electron chi connectivity index (χ4n) is 2.47. The second-order valence-corrected chi connectivity index (χ2v) is 6.83. The van der Waals surface area contributed by atoms with Crippen molar-refractivity contribution in [2.75, 3.05) is 10.6 Å². The molecule has 0 aliphatic rings. The van der Waals surface area contributed by atoms with Gasteiger partial charge in [-0.25, -0.2) is 9.97 Å². The third-order valence-corrected chi connectivity index (χ3v) is 3.76. The van der Waals surface area contributed by atoms with Crippen LogP contribution >= 0.6 is 0 Å². The van der Waals surface area contributed by atoms with Crippen molar-refractivity contribution in [2.24, 2.45) is 0 Å². The molecule has 2 radical (unpaired) electrons. The van der Waals surface area contributed by atoms with Gasteiger partial charge in [0.25, 0.3) is 11.1 Å². The number of nitrogens with one attached hydrogen (secondary N) is 6. The zero-order chi connectivity index (χ0) is 27.3. The fourth-order valence-corrected chi connectivity index (χ4v) is 2.47. The summed E-state index contributed by atoms with van der Waals surface area (Å²) in [5, 5.41) is 4.09. The molecular formula is C20H27N8O8Y2-3. The van der Waals surface area contributed by atoms with E-state index in [2.05, 4.69) is 19.9 Å². The molecule has 204 valence electrons. The molecule has 4 amide bonds. The Hall–Kier alpha value is -2.52. The first-order valence-corrected chi connectivity index (χ1v) is 9.74. The Kier molecular flexibility index (Phi) is 24.0. The third-order valence-electron chi connectivity index (χ3n) is 3.76. The molecule has 0 atom stereocenters. The molecule has 0 aliphatic heterocycles. The number of Topliss-reactive ketones (excluding diaryl/α,β-unsaturated/α-hetero) is 2. The van der Waals surface area contributed by atoms with E-state index in [4.69, 9.17) is 16.3 Å². The van der Waals surface area contributed by atoms with E-state index < -0.39 is 23.2 Å². The van der Waals surface area contributed by atoms with E-state index in [-0.39, 0.29) is 118 Å². The summed E-state index contributed by atoms with van der Waals surface area (Å²) in [6.07, 6.45) is 1.51. The standard InChI is InChI=1S/2C9H12N4O3.C2H3O.H2O.2Y/c2*1-4(14)3-6-5(2)11-9(12-7(6)15)13-8(10)16;1-2-3;;;/h2*3H2,1-2H3,(H4,10,11,12,13,15,16);1H3;1H2;;/q;;-1;;;/p-2. The predicted octanol–water partition coefficient (Wildman–Crippen LogP) is 0.874. The van der Waals surface area contributed by atoms with Crippen LogP contribution in [-0.2, 0) is 92.6 Å². The summed E-state index contributed by atoms with van der Waals surface area (Å²) >= 11 is 0. The number of anilines is 2. The Bertz CT molecular complexity index is 1140. The van der Waals surface area contributed by atoms with Gasteiger partial charge in [-0.2, -0.15) is 6.92 Å². The van der Waals surface area contributed by atoms with E-state index in [1.807, 2.05) is 10.6 Å². The summed E-state index contributed by atoms with van der Waals surface area (Å²) in [5.41, 5.74) is 13.6. The first kappa shape index (κ1) is 42.6. The second-order valence-electron chi connectivity index (χ2n) is 6.83. The van der Waals surface area contributed by atoms with Crippen molar-refractivity contribution in [3.63, 3.8) is 0 Å². The molecule has 0 saturated carbocycles. The van der Waals surface area contributed by atoms with Crippen LogP contribution in [0.1, 0.15) is 43.3 Å². The van der Waals surface area contributed by atoms with Crippen molar-refractivity contribution < 1.29 is 94.9 Å². The summed E-state index contributed by atoms with van der Waals surface area (Å²) < 4.78 is 0. The van der Waals surface area contributed by atoms with Crippen LogP contribution in [0.3, 0.4) is 0 Å². The molecule has 2 aromatic rings. The summed E-state index contributed by atoms with van der Waals surface area (Å²) in [7, 11) is 0. The van der Waals surface area contributed by atoms with Crippen molar-refractivity contribution in [2.45, 2.75) is 47.5 Å². The number of aromatic amines is 2. The Morgan fingerprint density at radius 1 is 0.789 bits per heavy atom. The van der Waals surface area contributed by atoms with Gasteiger partial charge < -0.3 is 42.3 Å². The van der Waals surface area contributed by atoms with E-state index in [1.54, 1.807) is 13.8 Å². The van der Waals surface area contributed by atoms with Gasteiger partial charge >= 0.3 is 0 Å². The molecule has 0 bridgehead atoms. The molecule has 18 heteroatoms. The number of carbonyl (C=O) groups is 4. The van der Waals surface area contributed by atoms with Crippen molar-refractivity contribution in [1.82, 2.24) is 19.9 Å². The molecule has 38 heavy (non-hydrogen) atoms. The maximum atomic E-state index is 11.5. The first-order chi connectivity index (χ1) is 16.2. The Labute approximate surface area is 267 Å². The number of aromatic nitrogens is 4. The molecule has 8 N–H and O–H groups in total. The van der Waals surface area contributed by atoms with E-state index in [1.165, 1.54) is 27.1 Å². The van der Waals surface area contributed by atoms with Gasteiger partial charge in [0.15, 0.2) is 12.1 Å². The number of carbonyl (C=O) groups excluding carboxylic acids is 5. The monoisotopic (exact) mass is 685 g/mol. The molecular weight excluding hydrogens is 658 g/mol. The van der Waals surface area contributed by atoms with E-state index in [9.17, 15) is 28.8 Å². The van der Waals surface area contributed by atoms with E-state index >= 15 is 0 Å². The van der Waals surface area contributed by atoms with Gasteiger partial charge in [0, 0.05) is 101 Å². The average Bonchev–Trinajstić information content (AvgIpc) is 2.67. The van der Waals surface area contributed by atoms with E-state index in [0.29, 0.717) is 11.4 Å². The molecule has 2 aromatic heterocycles. The van der Waals surface area contributed by atoms with Crippen molar-refractivity contribution in [3.8, 4) is 0 Å². The van der Waals surface area contributed by atoms with Crippen LogP contribution in [0.5, 0.6) is 0 Å². The smallest absolute Gasteiger partial charge is 0.254 e. The van der Waals surface area contributed by atoms with Gasteiger partial charge in [0.2, 0.25) is 0 Å². The minimum Gasteiger partial charge on any atom is -0.542 e. The molecule has 0 aromatic carbocycles. The van der Waals surface area contributed by atoms with Gasteiger partial charge in [-0.15, -0.1) is 0 Å². The number of H-pyrrole nitrogens is 2. The van der Waals surface area contributed by atoms with Crippen LogP contribution in [0.4, 0.5) is 21.5 Å². The number of hydrogen-bond acceptors (Lipinski definition) is 9. The molecule has 0 aliphatic carbocycles. The van der Waals surface area contributed by atoms with Crippen LogP contribution in [0.2, 0.25) is 0 Å². The normalized spacial score (nSPS) is 8.66. The summed E-state index contributed by atoms with van der Waals surface area (Å²) in [6, 6.07) is -2.14. The molecule has 0 fully saturated rings. The quantitative estimate of drug-likeness (QED) is 0.314. The number of rotatable bonds is 6. The maximum Gasteiger partial charge on any atom is 0.254 e. The third kappa shape index (κ3) is 17.1. The fraction of sp³-hybridized carbons (Fsp3) is 0.350. The van der Waals surface area contributed by atoms with Gasteiger partial charge in [-0.1, -0.05) is 0 Å². The van der Waals surface area contributed by atoms with Crippen LogP contribution in [0.25, 0.3) is 11.5 Å². The Morgan fingerprint density at radius 2 is 1.05 bits per heavy atom. The molecule has 0 unspecified atom stereocenters. The number of aryl methyl sites for hydroxylation is 2. The van der Waals surface area contributed by atoms with Gasteiger partial charge in [0.1, 0.15) is 23.5 Å². The molecule has 2 rings (SSSR count). The predicted molar refractivity (Wildman–Crippen MR) is 130 cm³/mol. The second kappa shape index (κ2) is 21.4. The number of nitrogens with zero attached hydrogens (tertiary/aromatic N) is 2. The SMILES string of the molecule is CC(=O)Cc1c(C)nc(NC([NH-])=O)[nH]c1=O.CC(=O)Cc1c(C)nc(NC([NH-])=O)[nH]c1=O.C[C-]=O.O.[Y].[Y]. The van der Waals surface area contributed by atoms with Crippen LogP contribution in [-0.4, -0.2) is 55.3 Å². The van der Waals surface area contributed by atoms with Gasteiger partial charge in [-0.05, 0) is 27.7 Å². The number of amides is 4. The minimum atomic E-state index is -1.07. The van der Waals surface area contributed by atoms with Gasteiger partial charge in [-0.3, -0.25) is 35.1 Å². The largest absolute Gasteiger partial charge is 0.542 e. The van der Waals surface area contributed by atoms with E-state index in [0.717, 1.165) is 0 Å². The molecule has 0 saturated heterocycles. The van der Waals surface area contributed by atoms with Crippen LogP contribution < -0.4 is 21.8 Å². The Balaban J connectivity index is -0.000000257. The van der Waals surface area contributed by atoms with Gasteiger partial charge in [0.05, 0.1) is 0 Å². The van der Waals surface area contributed by atoms with Crippen LogP contribution in [0.15, 0.2) is 9.59 Å². The van der Waals surface area contributed by atoms with Crippen LogP contribution in [0, 0.1) is 13.8 Å². The number of hydrogen-bond donors (Lipinski definition) is 4. The summed E-state index contributed by atoms with van der Waals surface area (Å²) in [5.74, 6) is -0.468. The maximum absolute atomic E-state index is 11.5. The topological polar surface area (TPSA) is 280 Å². The zero-order valence-corrected chi connectivity index (χ0v) is 27.0. The zero-order valence-electron chi connectivity index (χ0n) is 21.3. The average molecular weight is 685 g/mol. The minimum absolute atomic E-state index is 0. The first-order valence-electron chi connectivity index (χ1n) is 9.74. The van der Waals surface area contributed by atoms with Crippen molar-refractivity contribution >= 4 is 41.8 Å². The molecule has 2 heterocycles. The number of ketones is 2.